The number of hydrogen-bond donors (Lipinski definition) is 1. The van der Waals surface area contributed by atoms with Gasteiger partial charge in [0.05, 0.1) is 0 Å². The van der Waals surface area contributed by atoms with Crippen LogP contribution in [-0.4, -0.2) is 29.8 Å². The van der Waals surface area contributed by atoms with E-state index in [-0.39, 0.29) is 5.91 Å². The lowest BCUT2D eigenvalue weighted by atomic mass is 10.1. The topological polar surface area (TPSA) is 63.4 Å². The third-order valence-corrected chi connectivity index (χ3v) is 6.77. The fourth-order valence-electron chi connectivity index (χ4n) is 4.52. The first kappa shape index (κ1) is 32.7. The van der Waals surface area contributed by atoms with E-state index in [9.17, 15) is 9.59 Å². The van der Waals surface area contributed by atoms with Crippen molar-refractivity contribution in [2.45, 2.75) is 155 Å². The molecule has 0 bridgehead atoms. The Kier molecular flexibility index (Phi) is 25.3. The Bertz CT molecular complexity index is 464. The van der Waals surface area contributed by atoms with E-state index in [1.165, 1.54) is 141 Å². The predicted molar refractivity (Wildman–Crippen MR) is 148 cm³/mol. The molecule has 0 aliphatic carbocycles. The van der Waals surface area contributed by atoms with E-state index >= 15 is 0 Å². The van der Waals surface area contributed by atoms with Gasteiger partial charge in [-0.25, -0.2) is 0 Å². The van der Waals surface area contributed by atoms with Crippen LogP contribution in [0.15, 0.2) is 12.2 Å². The Morgan fingerprint density at radius 2 is 0.794 bits per heavy atom. The highest BCUT2D eigenvalue weighted by Gasteiger charge is 2.10. The largest absolute Gasteiger partial charge is 0.366 e. The second kappa shape index (κ2) is 26.3. The molecule has 34 heavy (non-hydrogen) atoms. The Morgan fingerprint density at radius 1 is 0.500 bits per heavy atom. The van der Waals surface area contributed by atoms with Crippen molar-refractivity contribution < 1.29 is 9.59 Å². The van der Waals surface area contributed by atoms with Gasteiger partial charge in [0.15, 0.2) is 0 Å². The van der Waals surface area contributed by atoms with Gasteiger partial charge in [0, 0.05) is 25.2 Å². The summed E-state index contributed by atoms with van der Waals surface area (Å²) in [6.07, 6.45) is 31.3. The minimum Gasteiger partial charge on any atom is -0.366 e. The molecule has 2 N–H and O–H groups in total. The van der Waals surface area contributed by atoms with Gasteiger partial charge in [0.25, 0.3) is 0 Å². The van der Waals surface area contributed by atoms with Gasteiger partial charge in [-0.2, -0.15) is 0 Å². The van der Waals surface area contributed by atoms with Crippen LogP contribution in [-0.2, 0) is 9.59 Å². The molecule has 0 aliphatic rings. The number of nitrogens with zero attached hydrogens (tertiary/aromatic N) is 1. The summed E-state index contributed by atoms with van der Waals surface area (Å²) in [4.78, 5) is 25.4. The van der Waals surface area contributed by atoms with Crippen molar-refractivity contribution in [1.29, 1.82) is 0 Å². The average molecular weight is 479 g/mol. The maximum absolute atomic E-state index is 12.5. The van der Waals surface area contributed by atoms with Crippen LogP contribution in [0.5, 0.6) is 0 Å². The molecule has 0 aromatic heterocycles. The molecule has 0 atom stereocenters. The first-order chi connectivity index (χ1) is 16.6. The van der Waals surface area contributed by atoms with Gasteiger partial charge in [-0.15, -0.1) is 0 Å². The number of primary amides is 1. The molecule has 0 saturated heterocycles. The molecule has 0 unspecified atom stereocenters. The number of carbonyl (C=O) groups is 2. The van der Waals surface area contributed by atoms with E-state index in [4.69, 9.17) is 5.73 Å². The standard InChI is InChI=1S/C30H58N2O2/c1-3-5-7-9-11-13-15-17-19-21-23-27-32(30(34)26-25-29(31)33)28-24-22-20-18-16-14-12-10-8-6-4-2/h25-26H,3-24,27-28H2,1-2H3,(H2,31,33). The van der Waals surface area contributed by atoms with Crippen molar-refractivity contribution in [3.63, 3.8) is 0 Å². The summed E-state index contributed by atoms with van der Waals surface area (Å²) >= 11 is 0. The molecule has 0 spiro atoms. The van der Waals surface area contributed by atoms with Gasteiger partial charge < -0.3 is 10.6 Å². The van der Waals surface area contributed by atoms with Crippen LogP contribution in [0.1, 0.15) is 155 Å². The van der Waals surface area contributed by atoms with E-state index < -0.39 is 5.91 Å². The summed E-state index contributed by atoms with van der Waals surface area (Å²) in [5.74, 6) is -0.629. The smallest absolute Gasteiger partial charge is 0.246 e. The Hall–Kier alpha value is -1.32. The molecule has 0 radical (unpaired) electrons. The van der Waals surface area contributed by atoms with Crippen LogP contribution >= 0.6 is 0 Å². The van der Waals surface area contributed by atoms with Crippen molar-refractivity contribution in [2.24, 2.45) is 5.73 Å². The van der Waals surface area contributed by atoms with Crippen LogP contribution in [0.2, 0.25) is 0 Å². The number of hydrogen-bond acceptors (Lipinski definition) is 2. The van der Waals surface area contributed by atoms with Crippen LogP contribution < -0.4 is 5.73 Å². The summed E-state index contributed by atoms with van der Waals surface area (Å²) in [5.41, 5.74) is 5.17. The van der Waals surface area contributed by atoms with E-state index in [2.05, 4.69) is 13.8 Å². The quantitative estimate of drug-likeness (QED) is 0.100. The third kappa shape index (κ3) is 23.8. The molecule has 200 valence electrons. The summed E-state index contributed by atoms with van der Waals surface area (Å²) < 4.78 is 0. The predicted octanol–water partition coefficient (Wildman–Crippen LogP) is 8.48. The number of rotatable bonds is 26. The average Bonchev–Trinajstić information content (AvgIpc) is 2.83. The lowest BCUT2D eigenvalue weighted by molar-refractivity contribution is -0.126. The zero-order valence-electron chi connectivity index (χ0n) is 23.0. The van der Waals surface area contributed by atoms with Crippen molar-refractivity contribution >= 4 is 11.8 Å². The number of nitrogens with two attached hydrogens (primary N) is 1. The van der Waals surface area contributed by atoms with Crippen LogP contribution in [0.4, 0.5) is 0 Å². The maximum Gasteiger partial charge on any atom is 0.246 e. The van der Waals surface area contributed by atoms with E-state index in [1.54, 1.807) is 0 Å². The molecule has 0 aromatic rings. The fraction of sp³-hybridized carbons (Fsp3) is 0.867. The second-order valence-electron chi connectivity index (χ2n) is 10.1. The normalized spacial score (nSPS) is 11.4. The van der Waals surface area contributed by atoms with Gasteiger partial charge in [-0.3, -0.25) is 9.59 Å². The second-order valence-corrected chi connectivity index (χ2v) is 10.1. The summed E-state index contributed by atoms with van der Waals surface area (Å²) in [6.45, 7) is 6.11. The van der Waals surface area contributed by atoms with Crippen LogP contribution in [0, 0.1) is 0 Å². The number of amides is 2. The van der Waals surface area contributed by atoms with Crippen molar-refractivity contribution in [1.82, 2.24) is 4.90 Å². The molecular weight excluding hydrogens is 420 g/mol. The van der Waals surface area contributed by atoms with Crippen molar-refractivity contribution in [3.05, 3.63) is 12.2 Å². The molecule has 0 saturated carbocycles. The maximum atomic E-state index is 12.5. The molecule has 0 aliphatic heterocycles. The zero-order valence-corrected chi connectivity index (χ0v) is 23.0. The molecule has 4 nitrogen and oxygen atoms in total. The minimum absolute atomic E-state index is 0.0713. The zero-order chi connectivity index (χ0) is 25.1. The first-order valence-electron chi connectivity index (χ1n) is 14.9. The van der Waals surface area contributed by atoms with E-state index in [0.29, 0.717) is 0 Å². The van der Waals surface area contributed by atoms with Gasteiger partial charge in [-0.05, 0) is 12.8 Å². The minimum atomic E-state index is -0.558. The Morgan fingerprint density at radius 3 is 1.09 bits per heavy atom. The SMILES string of the molecule is CCCCCCCCCCCCCN(CCCCCCCCCCCCC)C(=O)C=CC(N)=O. The fourth-order valence-corrected chi connectivity index (χ4v) is 4.52. The lowest BCUT2D eigenvalue weighted by Gasteiger charge is -2.21. The van der Waals surface area contributed by atoms with Gasteiger partial charge in [0.2, 0.25) is 11.8 Å². The van der Waals surface area contributed by atoms with Crippen molar-refractivity contribution in [3.8, 4) is 0 Å². The summed E-state index contributed by atoms with van der Waals surface area (Å²) in [7, 11) is 0. The molecule has 0 heterocycles. The number of carbonyl (C=O) groups excluding carboxylic acids is 2. The lowest BCUT2D eigenvalue weighted by Crippen LogP contribution is -2.32. The molecule has 0 rings (SSSR count). The Balaban J connectivity index is 3.93. The molecule has 0 aromatic carbocycles. The van der Waals surface area contributed by atoms with Crippen LogP contribution in [0.3, 0.4) is 0 Å². The highest BCUT2D eigenvalue weighted by molar-refractivity contribution is 5.95. The molecular formula is C30H58N2O2. The van der Waals surface area contributed by atoms with Crippen LogP contribution in [0.25, 0.3) is 0 Å². The molecule has 0 fully saturated rings. The summed E-state index contributed by atoms with van der Waals surface area (Å²) in [5, 5.41) is 0. The number of unbranched alkanes of at least 4 members (excludes halogenated alkanes) is 20. The van der Waals surface area contributed by atoms with Gasteiger partial charge >= 0.3 is 0 Å². The summed E-state index contributed by atoms with van der Waals surface area (Å²) in [6, 6.07) is 0. The van der Waals surface area contributed by atoms with E-state index in [0.717, 1.165) is 25.9 Å². The van der Waals surface area contributed by atoms with Gasteiger partial charge in [0.1, 0.15) is 0 Å². The van der Waals surface area contributed by atoms with E-state index in [1.807, 2.05) is 4.90 Å². The van der Waals surface area contributed by atoms with Crippen molar-refractivity contribution in [2.75, 3.05) is 13.1 Å². The highest BCUT2D eigenvalue weighted by atomic mass is 16.2. The highest BCUT2D eigenvalue weighted by Crippen LogP contribution is 2.13. The monoisotopic (exact) mass is 478 g/mol. The Labute approximate surface area is 212 Å². The third-order valence-electron chi connectivity index (χ3n) is 6.77. The molecule has 2 amide bonds. The molecule has 4 heteroatoms. The van der Waals surface area contributed by atoms with Gasteiger partial charge in [-0.1, -0.05) is 142 Å². The first-order valence-corrected chi connectivity index (χ1v) is 14.9.